The third kappa shape index (κ3) is 3.17. The van der Waals surface area contributed by atoms with Gasteiger partial charge in [0.15, 0.2) is 4.90 Å². The van der Waals surface area contributed by atoms with E-state index in [0.717, 1.165) is 0 Å². The molecule has 5 nitrogen and oxygen atoms in total. The van der Waals surface area contributed by atoms with Crippen LogP contribution in [0.1, 0.15) is 5.82 Å². The molecule has 0 aliphatic rings. The Hall–Kier alpha value is -1.87. The van der Waals surface area contributed by atoms with Crippen molar-refractivity contribution in [3.8, 4) is 0 Å². The van der Waals surface area contributed by atoms with Crippen LogP contribution in [-0.2, 0) is 16.4 Å². The van der Waals surface area contributed by atoms with Crippen molar-refractivity contribution >= 4 is 10.0 Å². The summed E-state index contributed by atoms with van der Waals surface area (Å²) in [5.41, 5.74) is 0. The summed E-state index contributed by atoms with van der Waals surface area (Å²) < 4.78 is 65.1. The molecule has 0 fully saturated rings. The van der Waals surface area contributed by atoms with Crippen LogP contribution in [0.3, 0.4) is 0 Å². The Bertz CT molecular complexity index is 679. The molecule has 0 atom stereocenters. The molecule has 9 heteroatoms. The SMILES string of the molecule is O=S(=O)(NCCc1ncc[nH]1)c1c(F)cc(F)cc1F. The number of sulfonamides is 1. The number of benzene rings is 1. The minimum atomic E-state index is -4.40. The molecule has 2 aromatic rings. The van der Waals surface area contributed by atoms with E-state index in [4.69, 9.17) is 0 Å². The van der Waals surface area contributed by atoms with Crippen LogP contribution in [0.5, 0.6) is 0 Å². The Balaban J connectivity index is 2.14. The Kier molecular flexibility index (Phi) is 4.09. The second-order valence-corrected chi connectivity index (χ2v) is 5.59. The van der Waals surface area contributed by atoms with Gasteiger partial charge >= 0.3 is 0 Å². The van der Waals surface area contributed by atoms with Crippen LogP contribution >= 0.6 is 0 Å². The van der Waals surface area contributed by atoms with Gasteiger partial charge in [-0.3, -0.25) is 0 Å². The number of aromatic nitrogens is 2. The first kappa shape index (κ1) is 14.5. The average molecular weight is 305 g/mol. The van der Waals surface area contributed by atoms with Crippen LogP contribution in [0.15, 0.2) is 29.4 Å². The van der Waals surface area contributed by atoms with Crippen LogP contribution in [0.4, 0.5) is 13.2 Å². The molecular weight excluding hydrogens is 295 g/mol. The molecule has 2 rings (SSSR count). The number of imidazole rings is 1. The summed E-state index contributed by atoms with van der Waals surface area (Å²) in [6.07, 6.45) is 3.27. The highest BCUT2D eigenvalue weighted by Gasteiger charge is 2.24. The summed E-state index contributed by atoms with van der Waals surface area (Å²) >= 11 is 0. The number of hydrogen-bond donors (Lipinski definition) is 2. The van der Waals surface area contributed by atoms with Gasteiger partial charge < -0.3 is 4.98 Å². The predicted molar refractivity (Wildman–Crippen MR) is 63.8 cm³/mol. The normalized spacial score (nSPS) is 11.8. The van der Waals surface area contributed by atoms with Gasteiger partial charge in [0.2, 0.25) is 10.0 Å². The maximum Gasteiger partial charge on any atom is 0.246 e. The van der Waals surface area contributed by atoms with E-state index in [1.807, 2.05) is 4.72 Å². The van der Waals surface area contributed by atoms with Gasteiger partial charge in [-0.1, -0.05) is 0 Å². The molecule has 0 bridgehead atoms. The van der Waals surface area contributed by atoms with Gasteiger partial charge in [-0.15, -0.1) is 0 Å². The summed E-state index contributed by atoms with van der Waals surface area (Å²) in [4.78, 5) is 5.42. The second-order valence-electron chi connectivity index (χ2n) is 3.88. The van der Waals surface area contributed by atoms with E-state index < -0.39 is 32.4 Å². The van der Waals surface area contributed by atoms with Gasteiger partial charge in [0.05, 0.1) is 0 Å². The van der Waals surface area contributed by atoms with Crippen LogP contribution in [0.25, 0.3) is 0 Å². The minimum Gasteiger partial charge on any atom is -0.349 e. The highest BCUT2D eigenvalue weighted by Crippen LogP contribution is 2.19. The number of nitrogens with one attached hydrogen (secondary N) is 2. The van der Waals surface area contributed by atoms with Crippen LogP contribution in [0, 0.1) is 17.5 Å². The van der Waals surface area contributed by atoms with Crippen molar-refractivity contribution in [3.63, 3.8) is 0 Å². The van der Waals surface area contributed by atoms with Crippen LogP contribution < -0.4 is 4.72 Å². The lowest BCUT2D eigenvalue weighted by molar-refractivity contribution is 0.494. The fourth-order valence-electron chi connectivity index (χ4n) is 1.60. The Morgan fingerprint density at radius 2 is 1.85 bits per heavy atom. The number of rotatable bonds is 5. The van der Waals surface area contributed by atoms with Crippen molar-refractivity contribution in [2.45, 2.75) is 11.3 Å². The zero-order valence-electron chi connectivity index (χ0n) is 10.0. The highest BCUT2D eigenvalue weighted by atomic mass is 32.2. The second kappa shape index (κ2) is 5.63. The topological polar surface area (TPSA) is 74.8 Å². The van der Waals surface area contributed by atoms with Gasteiger partial charge in [0.1, 0.15) is 23.3 Å². The fourth-order valence-corrected chi connectivity index (χ4v) is 2.74. The predicted octanol–water partition coefficient (Wildman–Crippen LogP) is 1.35. The van der Waals surface area contributed by atoms with Crippen LogP contribution in [0.2, 0.25) is 0 Å². The standard InChI is InChI=1S/C11H10F3N3O2S/c12-7-5-8(13)11(9(14)6-7)20(18,19)17-2-1-10-15-3-4-16-10/h3-6,17H,1-2H2,(H,15,16). The van der Waals surface area contributed by atoms with E-state index in [0.29, 0.717) is 18.0 Å². The van der Waals surface area contributed by atoms with Gasteiger partial charge in [-0.05, 0) is 0 Å². The monoisotopic (exact) mass is 305 g/mol. The number of H-pyrrole nitrogens is 1. The quantitative estimate of drug-likeness (QED) is 0.875. The van der Waals surface area contributed by atoms with E-state index in [2.05, 4.69) is 9.97 Å². The summed E-state index contributed by atoms with van der Waals surface area (Å²) in [5.74, 6) is -3.62. The molecule has 0 amide bonds. The third-order valence-electron chi connectivity index (χ3n) is 2.44. The lowest BCUT2D eigenvalue weighted by atomic mass is 10.3. The lowest BCUT2D eigenvalue weighted by Gasteiger charge is -2.08. The molecule has 0 saturated carbocycles. The molecule has 1 aromatic heterocycles. The fraction of sp³-hybridized carbons (Fsp3) is 0.182. The largest absolute Gasteiger partial charge is 0.349 e. The maximum absolute atomic E-state index is 13.4. The molecular formula is C11H10F3N3O2S. The zero-order chi connectivity index (χ0) is 14.8. The molecule has 0 radical (unpaired) electrons. The molecule has 0 saturated heterocycles. The summed E-state index contributed by atoms with van der Waals surface area (Å²) in [6.45, 7) is -0.105. The van der Waals surface area contributed by atoms with Gasteiger partial charge in [-0.2, -0.15) is 0 Å². The number of halogens is 3. The number of aromatic amines is 1. The first-order chi connectivity index (χ1) is 9.40. The molecule has 0 aliphatic carbocycles. The summed E-state index contributed by atoms with van der Waals surface area (Å²) in [7, 11) is -4.40. The van der Waals surface area contributed by atoms with Crippen molar-refractivity contribution in [2.24, 2.45) is 0 Å². The van der Waals surface area contributed by atoms with Crippen molar-refractivity contribution in [1.82, 2.24) is 14.7 Å². The molecule has 2 N–H and O–H groups in total. The highest BCUT2D eigenvalue weighted by molar-refractivity contribution is 7.89. The number of nitrogens with zero attached hydrogens (tertiary/aromatic N) is 1. The first-order valence-electron chi connectivity index (χ1n) is 5.52. The summed E-state index contributed by atoms with van der Waals surface area (Å²) in [5, 5.41) is 0. The van der Waals surface area contributed by atoms with Crippen molar-refractivity contribution in [1.29, 1.82) is 0 Å². The third-order valence-corrected chi connectivity index (χ3v) is 3.95. The van der Waals surface area contributed by atoms with Crippen LogP contribution in [-0.4, -0.2) is 24.9 Å². The Morgan fingerprint density at radius 1 is 1.20 bits per heavy atom. The van der Waals surface area contributed by atoms with E-state index in [1.165, 1.54) is 6.20 Å². The minimum absolute atomic E-state index is 0.105. The molecule has 0 unspecified atom stereocenters. The van der Waals surface area contributed by atoms with Crippen molar-refractivity contribution < 1.29 is 21.6 Å². The molecule has 1 heterocycles. The molecule has 108 valence electrons. The average Bonchev–Trinajstić information content (AvgIpc) is 2.79. The molecule has 0 aliphatic heterocycles. The lowest BCUT2D eigenvalue weighted by Crippen LogP contribution is -2.28. The maximum atomic E-state index is 13.4. The molecule has 20 heavy (non-hydrogen) atoms. The smallest absolute Gasteiger partial charge is 0.246 e. The van der Waals surface area contributed by atoms with E-state index >= 15 is 0 Å². The van der Waals surface area contributed by atoms with Gasteiger partial charge in [0, 0.05) is 37.5 Å². The zero-order valence-corrected chi connectivity index (χ0v) is 10.8. The van der Waals surface area contributed by atoms with Crippen molar-refractivity contribution in [2.75, 3.05) is 6.54 Å². The van der Waals surface area contributed by atoms with Gasteiger partial charge in [0.25, 0.3) is 0 Å². The molecule has 1 aromatic carbocycles. The van der Waals surface area contributed by atoms with E-state index in [1.54, 1.807) is 6.20 Å². The first-order valence-corrected chi connectivity index (χ1v) is 7.01. The van der Waals surface area contributed by atoms with E-state index in [-0.39, 0.29) is 13.0 Å². The van der Waals surface area contributed by atoms with Gasteiger partial charge in [-0.25, -0.2) is 31.3 Å². The summed E-state index contributed by atoms with van der Waals surface area (Å²) in [6, 6.07) is 0.619. The van der Waals surface area contributed by atoms with E-state index in [9.17, 15) is 21.6 Å². The molecule has 0 spiro atoms. The van der Waals surface area contributed by atoms with Crippen molar-refractivity contribution in [3.05, 3.63) is 47.8 Å². The Morgan fingerprint density at radius 3 is 2.40 bits per heavy atom. The number of hydrogen-bond acceptors (Lipinski definition) is 3. The Labute approximate surface area is 112 Å².